The Morgan fingerprint density at radius 3 is 2.33 bits per heavy atom. The minimum absolute atomic E-state index is 0.0269. The van der Waals surface area contributed by atoms with Crippen LogP contribution in [0.1, 0.15) is 53.2 Å². The Kier molecular flexibility index (Phi) is 8.09. The summed E-state index contributed by atoms with van der Waals surface area (Å²) in [5.74, 6) is 0.596. The van der Waals surface area contributed by atoms with Crippen molar-refractivity contribution < 1.29 is 14.3 Å². The highest BCUT2D eigenvalue weighted by Gasteiger charge is 2.28. The maximum Gasteiger partial charge on any atom is 0.271 e. The molecule has 1 aliphatic carbocycles. The number of nitrogens with zero attached hydrogens (tertiary/aromatic N) is 1. The van der Waals surface area contributed by atoms with E-state index in [-0.39, 0.29) is 23.9 Å². The van der Waals surface area contributed by atoms with E-state index in [1.165, 1.54) is 11.3 Å². The molecule has 2 unspecified atom stereocenters. The van der Waals surface area contributed by atoms with Crippen LogP contribution in [0.25, 0.3) is 0 Å². The molecule has 2 atom stereocenters. The fourth-order valence-corrected chi connectivity index (χ4v) is 4.73. The Bertz CT molecular complexity index is 1040. The molecule has 33 heavy (non-hydrogen) atoms. The Morgan fingerprint density at radius 1 is 0.939 bits per heavy atom. The van der Waals surface area contributed by atoms with E-state index in [9.17, 15) is 9.59 Å². The molecule has 2 amide bonds. The van der Waals surface area contributed by atoms with Crippen molar-refractivity contribution in [1.29, 1.82) is 0 Å². The van der Waals surface area contributed by atoms with Crippen LogP contribution in [0.3, 0.4) is 0 Å². The van der Waals surface area contributed by atoms with Gasteiger partial charge in [-0.3, -0.25) is 9.59 Å². The van der Waals surface area contributed by atoms with E-state index in [2.05, 4.69) is 15.6 Å². The summed E-state index contributed by atoms with van der Waals surface area (Å²) in [6.07, 6.45) is 4.96. The van der Waals surface area contributed by atoms with Gasteiger partial charge in [-0.1, -0.05) is 61.4 Å². The van der Waals surface area contributed by atoms with Gasteiger partial charge in [0.05, 0.1) is 0 Å². The number of benzene rings is 2. The van der Waals surface area contributed by atoms with E-state index >= 15 is 0 Å². The molecule has 2 N–H and O–H groups in total. The maximum absolute atomic E-state index is 12.8. The lowest BCUT2D eigenvalue weighted by Crippen LogP contribution is -2.53. The summed E-state index contributed by atoms with van der Waals surface area (Å²) >= 11 is 1.41. The lowest BCUT2D eigenvalue weighted by molar-refractivity contribution is -0.122. The fourth-order valence-electron chi connectivity index (χ4n) is 4.04. The van der Waals surface area contributed by atoms with Gasteiger partial charge < -0.3 is 15.4 Å². The quantitative estimate of drug-likeness (QED) is 0.489. The second kappa shape index (κ2) is 11.6. The van der Waals surface area contributed by atoms with Crippen LogP contribution in [-0.4, -0.2) is 28.9 Å². The predicted octanol–water partition coefficient (Wildman–Crippen LogP) is 4.51. The van der Waals surface area contributed by atoms with E-state index in [1.54, 1.807) is 5.38 Å². The number of carbonyl (C=O) groups is 2. The van der Waals surface area contributed by atoms with Crippen molar-refractivity contribution in [3.63, 3.8) is 0 Å². The number of amides is 2. The molecule has 0 bridgehead atoms. The van der Waals surface area contributed by atoms with Crippen molar-refractivity contribution in [2.24, 2.45) is 0 Å². The van der Waals surface area contributed by atoms with Gasteiger partial charge in [0.25, 0.3) is 5.91 Å². The van der Waals surface area contributed by atoms with E-state index < -0.39 is 0 Å². The second-order valence-electron chi connectivity index (χ2n) is 8.25. The van der Waals surface area contributed by atoms with Crippen LogP contribution in [0.2, 0.25) is 0 Å². The minimum atomic E-state index is -0.201. The van der Waals surface area contributed by atoms with Crippen LogP contribution in [-0.2, 0) is 17.8 Å². The molecule has 1 fully saturated rings. The van der Waals surface area contributed by atoms with Gasteiger partial charge >= 0.3 is 0 Å². The van der Waals surface area contributed by atoms with Crippen molar-refractivity contribution in [2.75, 3.05) is 0 Å². The molecular weight excluding hydrogens is 434 g/mol. The van der Waals surface area contributed by atoms with Gasteiger partial charge in [-0.15, -0.1) is 11.3 Å². The molecule has 1 aliphatic rings. The first kappa shape index (κ1) is 23.0. The van der Waals surface area contributed by atoms with Gasteiger partial charge in [-0.25, -0.2) is 4.98 Å². The molecule has 172 valence electrons. The highest BCUT2D eigenvalue weighted by Crippen LogP contribution is 2.20. The number of aryl methyl sites for hydroxylation is 1. The molecule has 7 heteroatoms. The molecular formula is C26H29N3O3S. The summed E-state index contributed by atoms with van der Waals surface area (Å²) in [5, 5.41) is 8.76. The van der Waals surface area contributed by atoms with Gasteiger partial charge in [0.15, 0.2) is 0 Å². The Morgan fingerprint density at radius 2 is 1.61 bits per heavy atom. The van der Waals surface area contributed by atoms with Crippen molar-refractivity contribution in [3.8, 4) is 5.75 Å². The molecule has 3 aromatic rings. The molecule has 1 aromatic heterocycles. The number of carbonyl (C=O) groups excluding carboxylic acids is 2. The predicted molar refractivity (Wildman–Crippen MR) is 129 cm³/mol. The van der Waals surface area contributed by atoms with Gasteiger partial charge in [0.1, 0.15) is 23.1 Å². The molecule has 4 rings (SSSR count). The Hall–Kier alpha value is -3.19. The van der Waals surface area contributed by atoms with Crippen molar-refractivity contribution >= 4 is 23.2 Å². The largest absolute Gasteiger partial charge is 0.486 e. The lowest BCUT2D eigenvalue weighted by Gasteiger charge is -2.32. The number of para-hydroxylation sites is 1. The van der Waals surface area contributed by atoms with Crippen molar-refractivity contribution in [1.82, 2.24) is 15.6 Å². The van der Waals surface area contributed by atoms with E-state index in [1.807, 2.05) is 60.7 Å². The summed E-state index contributed by atoms with van der Waals surface area (Å²) in [5.41, 5.74) is 1.54. The highest BCUT2D eigenvalue weighted by atomic mass is 32.1. The van der Waals surface area contributed by atoms with Crippen LogP contribution in [0.4, 0.5) is 0 Å². The third-order valence-corrected chi connectivity index (χ3v) is 6.62. The average Bonchev–Trinajstić information content (AvgIpc) is 3.33. The first-order valence-electron chi connectivity index (χ1n) is 11.4. The van der Waals surface area contributed by atoms with E-state index in [0.717, 1.165) is 42.0 Å². The van der Waals surface area contributed by atoms with Gasteiger partial charge in [0, 0.05) is 23.9 Å². The molecule has 2 aromatic carbocycles. The number of nitrogens with one attached hydrogen (secondary N) is 2. The molecule has 0 radical (unpaired) electrons. The van der Waals surface area contributed by atoms with E-state index in [0.29, 0.717) is 25.1 Å². The number of aromatic nitrogens is 1. The lowest BCUT2D eigenvalue weighted by atomic mass is 9.90. The summed E-state index contributed by atoms with van der Waals surface area (Å²) in [6.45, 7) is 0.325. The van der Waals surface area contributed by atoms with Crippen LogP contribution in [0.15, 0.2) is 66.0 Å². The number of thiazole rings is 1. The average molecular weight is 464 g/mol. The smallest absolute Gasteiger partial charge is 0.271 e. The topological polar surface area (TPSA) is 80.3 Å². The summed E-state index contributed by atoms with van der Waals surface area (Å²) < 4.78 is 5.72. The molecule has 1 heterocycles. The SMILES string of the molecule is O=C(CCc1ccccc1)NC1CCCCC1NC(=O)c1csc(COc2ccccc2)n1. The summed E-state index contributed by atoms with van der Waals surface area (Å²) in [6, 6.07) is 19.4. The van der Waals surface area contributed by atoms with E-state index in [4.69, 9.17) is 4.74 Å². The first-order valence-corrected chi connectivity index (χ1v) is 12.3. The first-order chi connectivity index (χ1) is 16.2. The van der Waals surface area contributed by atoms with Crippen LogP contribution >= 0.6 is 11.3 Å². The number of rotatable bonds is 9. The summed E-state index contributed by atoms with van der Waals surface area (Å²) in [4.78, 5) is 29.8. The Balaban J connectivity index is 1.28. The standard InChI is InChI=1S/C26H29N3O3S/c30-24(16-15-19-9-3-1-4-10-19)27-21-13-7-8-14-22(21)29-26(31)23-18-33-25(28-23)17-32-20-11-5-2-6-12-20/h1-6,9-12,18,21-22H,7-8,13-17H2,(H,27,30)(H,29,31). The number of hydrogen-bond donors (Lipinski definition) is 2. The zero-order chi connectivity index (χ0) is 22.9. The van der Waals surface area contributed by atoms with Crippen molar-refractivity contribution in [3.05, 3.63) is 82.3 Å². The third kappa shape index (κ3) is 6.89. The van der Waals surface area contributed by atoms with Crippen molar-refractivity contribution in [2.45, 2.75) is 57.2 Å². The van der Waals surface area contributed by atoms with Gasteiger partial charge in [-0.2, -0.15) is 0 Å². The summed E-state index contributed by atoms with van der Waals surface area (Å²) in [7, 11) is 0. The van der Waals surface area contributed by atoms with Gasteiger partial charge in [-0.05, 0) is 37.0 Å². The van der Waals surface area contributed by atoms with Crippen LogP contribution in [0, 0.1) is 0 Å². The normalized spacial score (nSPS) is 17.8. The third-order valence-electron chi connectivity index (χ3n) is 5.80. The monoisotopic (exact) mass is 463 g/mol. The zero-order valence-electron chi connectivity index (χ0n) is 18.5. The van der Waals surface area contributed by atoms with Gasteiger partial charge in [0.2, 0.25) is 5.91 Å². The highest BCUT2D eigenvalue weighted by molar-refractivity contribution is 7.09. The fraction of sp³-hybridized carbons (Fsp3) is 0.346. The van der Waals surface area contributed by atoms with Crippen LogP contribution < -0.4 is 15.4 Å². The molecule has 6 nitrogen and oxygen atoms in total. The molecule has 1 saturated carbocycles. The second-order valence-corrected chi connectivity index (χ2v) is 9.19. The molecule has 0 aliphatic heterocycles. The zero-order valence-corrected chi connectivity index (χ0v) is 19.4. The Labute approximate surface area is 198 Å². The number of hydrogen-bond acceptors (Lipinski definition) is 5. The molecule has 0 saturated heterocycles. The maximum atomic E-state index is 12.8. The molecule has 0 spiro atoms. The minimum Gasteiger partial charge on any atom is -0.486 e. The van der Waals surface area contributed by atoms with Crippen LogP contribution in [0.5, 0.6) is 5.75 Å². The number of ether oxygens (including phenoxy) is 1.